The van der Waals surface area contributed by atoms with Crippen molar-refractivity contribution in [1.29, 1.82) is 0 Å². The summed E-state index contributed by atoms with van der Waals surface area (Å²) >= 11 is 6.40. The number of thiol groups is 1. The number of fused-ring (bicyclic) bond motifs is 4. The maximum absolute atomic E-state index is 13.2. The molecule has 1 spiro atoms. The number of benzene rings is 2. The van der Waals surface area contributed by atoms with Gasteiger partial charge >= 0.3 is 0 Å². The average molecular weight is 583 g/mol. The van der Waals surface area contributed by atoms with Crippen LogP contribution in [0.2, 0.25) is 5.02 Å². The van der Waals surface area contributed by atoms with Crippen molar-refractivity contribution >= 4 is 33.8 Å². The second-order valence-corrected chi connectivity index (χ2v) is 14.2. The van der Waals surface area contributed by atoms with Gasteiger partial charge < -0.3 is 14.4 Å². The van der Waals surface area contributed by atoms with Crippen molar-refractivity contribution in [2.45, 2.75) is 68.6 Å². The second kappa shape index (κ2) is 11.5. The Balaban J connectivity index is 1.43. The molecule has 2 aliphatic heterocycles. The molecule has 2 aromatic rings. The van der Waals surface area contributed by atoms with E-state index in [4.69, 9.17) is 21.1 Å². The van der Waals surface area contributed by atoms with Crippen LogP contribution in [0.25, 0.3) is 0 Å². The van der Waals surface area contributed by atoms with Crippen molar-refractivity contribution in [3.8, 4) is 5.75 Å². The highest BCUT2D eigenvalue weighted by Crippen LogP contribution is 2.47. The normalized spacial score (nSPS) is 33.4. The largest absolute Gasteiger partial charge is 0.490 e. The van der Waals surface area contributed by atoms with E-state index in [1.807, 2.05) is 25.1 Å². The lowest BCUT2D eigenvalue weighted by molar-refractivity contribution is 0.0132. The number of ether oxygens (including phenoxy) is 2. The van der Waals surface area contributed by atoms with Gasteiger partial charge in [0.15, 0.2) is 0 Å². The zero-order valence-electron chi connectivity index (χ0n) is 23.4. The summed E-state index contributed by atoms with van der Waals surface area (Å²) in [5.41, 5.74) is 3.83. The minimum atomic E-state index is -2.00. The Morgan fingerprint density at radius 2 is 2.05 bits per heavy atom. The first-order valence-electron chi connectivity index (χ1n) is 14.6. The number of carbonyl (C=O) groups is 1. The van der Waals surface area contributed by atoms with Gasteiger partial charge in [0.25, 0.3) is 5.91 Å². The van der Waals surface area contributed by atoms with Crippen LogP contribution in [0.15, 0.2) is 52.9 Å². The summed E-state index contributed by atoms with van der Waals surface area (Å²) in [5, 5.41) is 0.600. The number of amides is 1. The van der Waals surface area contributed by atoms with Crippen molar-refractivity contribution in [2.75, 3.05) is 31.7 Å². The summed E-state index contributed by atoms with van der Waals surface area (Å²) in [6.45, 7) is 4.14. The third kappa shape index (κ3) is 5.33. The number of carbonyl (C=O) groups excluding carboxylic acids is 1. The van der Waals surface area contributed by atoms with E-state index >= 15 is 0 Å². The Labute approximate surface area is 244 Å². The van der Waals surface area contributed by atoms with E-state index in [0.717, 1.165) is 68.1 Å². The number of allylic oxidation sites excluding steroid dienone is 1. The molecule has 6 atom stereocenters. The van der Waals surface area contributed by atoms with Gasteiger partial charge in [-0.05, 0) is 98.2 Å². The molecule has 214 valence electrons. The highest BCUT2D eigenvalue weighted by atomic mass is 35.5. The third-order valence-corrected chi connectivity index (χ3v) is 11.2. The molecule has 8 heteroatoms. The molecule has 40 heavy (non-hydrogen) atoms. The number of anilines is 1. The molecule has 1 saturated carbocycles. The highest BCUT2D eigenvalue weighted by Gasteiger charge is 2.44. The minimum Gasteiger partial charge on any atom is -0.490 e. The predicted octanol–water partition coefficient (Wildman–Crippen LogP) is 6.40. The molecular weight excluding hydrogens is 544 g/mol. The zero-order valence-corrected chi connectivity index (χ0v) is 25.0. The molecular formula is C32H39ClN2O4S. The Bertz CT molecular complexity index is 1400. The number of hydrogen-bond donors (Lipinski definition) is 1. The van der Waals surface area contributed by atoms with Gasteiger partial charge in [-0.15, -0.1) is 0 Å². The summed E-state index contributed by atoms with van der Waals surface area (Å²) < 4.78 is 29.6. The predicted molar refractivity (Wildman–Crippen MR) is 161 cm³/mol. The van der Waals surface area contributed by atoms with E-state index in [9.17, 15) is 9.00 Å². The first kappa shape index (κ1) is 27.8. The number of rotatable bonds is 1. The van der Waals surface area contributed by atoms with Gasteiger partial charge in [-0.1, -0.05) is 36.7 Å². The Morgan fingerprint density at radius 1 is 1.18 bits per heavy atom. The highest BCUT2D eigenvalue weighted by molar-refractivity contribution is 7.75. The van der Waals surface area contributed by atoms with Crippen LogP contribution < -0.4 is 9.64 Å². The van der Waals surface area contributed by atoms with E-state index in [-0.39, 0.29) is 16.8 Å². The number of hydrogen-bond acceptors (Lipinski definition) is 5. The number of aryl methyl sites for hydroxylation is 1. The number of halogens is 1. The van der Waals surface area contributed by atoms with Crippen LogP contribution >= 0.6 is 11.6 Å². The summed E-state index contributed by atoms with van der Waals surface area (Å²) in [5.74, 6) is 1.27. The average Bonchev–Trinajstić information content (AvgIpc) is 3.08. The van der Waals surface area contributed by atoms with E-state index < -0.39 is 16.5 Å². The van der Waals surface area contributed by atoms with Crippen molar-refractivity contribution < 1.29 is 18.5 Å². The molecule has 0 N–H and O–H groups in total. The molecule has 4 aliphatic rings. The van der Waals surface area contributed by atoms with E-state index in [0.29, 0.717) is 30.4 Å². The molecule has 6 nitrogen and oxygen atoms in total. The smallest absolute Gasteiger partial charge is 0.284 e. The molecule has 0 radical (unpaired) electrons. The van der Waals surface area contributed by atoms with Gasteiger partial charge in [0, 0.05) is 52.0 Å². The van der Waals surface area contributed by atoms with Crippen LogP contribution in [-0.2, 0) is 27.2 Å². The van der Waals surface area contributed by atoms with Crippen LogP contribution in [0.1, 0.15) is 66.9 Å². The molecule has 2 aliphatic carbocycles. The lowest BCUT2D eigenvalue weighted by Crippen LogP contribution is -2.49. The first-order valence-corrected chi connectivity index (χ1v) is 16.3. The Kier molecular flexibility index (Phi) is 7.99. The fourth-order valence-corrected chi connectivity index (χ4v) is 8.16. The SMILES string of the molecule is CO[C@H]1/C=C/CC[C@@H](C)/[SH](=O)=N\C(=O)c2ccc3c(c2)N(C[C@@H]2CC[C@H]21)C[C@@]1(CCCc2cc(Cl)ccc21)CO3. The van der Waals surface area contributed by atoms with Crippen molar-refractivity contribution in [2.24, 2.45) is 16.2 Å². The van der Waals surface area contributed by atoms with Gasteiger partial charge in [0.1, 0.15) is 5.75 Å². The van der Waals surface area contributed by atoms with Crippen molar-refractivity contribution in [3.63, 3.8) is 0 Å². The van der Waals surface area contributed by atoms with Crippen molar-refractivity contribution in [1.82, 2.24) is 0 Å². The Hall–Kier alpha value is -2.35. The molecule has 2 heterocycles. The fraction of sp³-hybridized carbons (Fsp3) is 0.531. The van der Waals surface area contributed by atoms with E-state index in [1.165, 1.54) is 11.1 Å². The molecule has 1 amide bonds. The van der Waals surface area contributed by atoms with Crippen LogP contribution in [-0.4, -0.2) is 48.3 Å². The first-order chi connectivity index (χ1) is 19.4. The third-order valence-electron chi connectivity index (χ3n) is 9.55. The maximum atomic E-state index is 13.2. The van der Waals surface area contributed by atoms with Gasteiger partial charge in [0.2, 0.25) is 0 Å². The molecule has 6 rings (SSSR count). The molecule has 2 bridgehead atoms. The second-order valence-electron chi connectivity index (χ2n) is 12.1. The molecule has 0 saturated heterocycles. The van der Waals surface area contributed by atoms with Gasteiger partial charge in [0.05, 0.1) is 18.4 Å². The number of nitrogens with zero attached hydrogens (tertiary/aromatic N) is 2. The molecule has 0 aromatic heterocycles. The molecule has 2 aromatic carbocycles. The number of methoxy groups -OCH3 is 1. The van der Waals surface area contributed by atoms with E-state index in [1.54, 1.807) is 13.2 Å². The van der Waals surface area contributed by atoms with E-state index in [2.05, 4.69) is 33.5 Å². The topological polar surface area (TPSA) is 68.2 Å². The minimum absolute atomic E-state index is 0.0579. The lowest BCUT2D eigenvalue weighted by Gasteiger charge is -2.46. The fourth-order valence-electron chi connectivity index (χ4n) is 7.10. The van der Waals surface area contributed by atoms with Crippen LogP contribution in [0.3, 0.4) is 0 Å². The van der Waals surface area contributed by atoms with Crippen LogP contribution in [0, 0.1) is 11.8 Å². The molecule has 1 unspecified atom stereocenters. The standard InChI is InChI=1S/C32H39ClN2O4S/c1-21-6-3-4-8-29(38-2)26-12-9-24(26)18-35-19-32(15-5-7-22-16-25(33)11-13-27(22)32)20-39-30-14-10-23(17-28(30)35)31(36)34-40(21)37/h4,8,10-11,13-14,16-17,21,24,26,29,40H,3,5-7,9,12,15,18-20H2,1-2H3/b8-4+/t21-,24+,26-,29+,32+/m1/s1. The summed E-state index contributed by atoms with van der Waals surface area (Å²) in [6.07, 6.45) is 11.3. The van der Waals surface area contributed by atoms with Gasteiger partial charge in [-0.25, -0.2) is 0 Å². The quantitative estimate of drug-likeness (QED) is 0.311. The van der Waals surface area contributed by atoms with Crippen molar-refractivity contribution in [3.05, 3.63) is 70.3 Å². The van der Waals surface area contributed by atoms with Gasteiger partial charge in [-0.2, -0.15) is 4.36 Å². The maximum Gasteiger partial charge on any atom is 0.284 e. The monoisotopic (exact) mass is 582 g/mol. The lowest BCUT2D eigenvalue weighted by atomic mass is 9.68. The zero-order chi connectivity index (χ0) is 27.9. The Morgan fingerprint density at radius 3 is 2.85 bits per heavy atom. The summed E-state index contributed by atoms with van der Waals surface area (Å²) in [7, 11) is -0.206. The summed E-state index contributed by atoms with van der Waals surface area (Å²) in [4.78, 5) is 15.6. The summed E-state index contributed by atoms with van der Waals surface area (Å²) in [6, 6.07) is 11.9. The van der Waals surface area contributed by atoms with Crippen LogP contribution in [0.4, 0.5) is 5.69 Å². The van der Waals surface area contributed by atoms with Gasteiger partial charge in [-0.3, -0.25) is 9.00 Å². The van der Waals surface area contributed by atoms with Crippen LogP contribution in [0.5, 0.6) is 5.75 Å². The molecule has 1 fully saturated rings.